The fourth-order valence-corrected chi connectivity index (χ4v) is 5.64. The number of anilines is 1. The van der Waals surface area contributed by atoms with Crippen molar-refractivity contribution in [2.75, 3.05) is 31.5 Å². The molecule has 0 bridgehead atoms. The van der Waals surface area contributed by atoms with Gasteiger partial charge in [-0.3, -0.25) is 9.59 Å². The van der Waals surface area contributed by atoms with E-state index in [-0.39, 0.29) is 23.7 Å². The molecule has 0 heterocycles. The van der Waals surface area contributed by atoms with Crippen LogP contribution < -0.4 is 9.62 Å². The minimum absolute atomic E-state index is 0.126. The van der Waals surface area contributed by atoms with Gasteiger partial charge in [0.1, 0.15) is 18.4 Å². The van der Waals surface area contributed by atoms with Gasteiger partial charge in [0.2, 0.25) is 11.8 Å². The van der Waals surface area contributed by atoms with E-state index in [1.54, 1.807) is 12.1 Å². The summed E-state index contributed by atoms with van der Waals surface area (Å²) in [6.45, 7) is 1.39. The molecule has 0 aromatic heterocycles. The number of carbonyl (C=O) groups excluding carboxylic acids is 2. The predicted octanol–water partition coefficient (Wildman–Crippen LogP) is 4.91. The van der Waals surface area contributed by atoms with E-state index in [4.69, 9.17) is 23.2 Å². The average Bonchev–Trinajstić information content (AvgIpc) is 2.94. The molecule has 3 aromatic rings. The molecule has 0 aliphatic rings. The topological polar surface area (TPSA) is 90.0 Å². The van der Waals surface area contributed by atoms with Crippen LogP contribution in [0.5, 0.6) is 0 Å². The maximum absolute atomic E-state index is 14.9. The van der Waals surface area contributed by atoms with Crippen molar-refractivity contribution >= 4 is 50.9 Å². The van der Waals surface area contributed by atoms with Crippen molar-refractivity contribution < 1.29 is 22.4 Å². The number of amides is 2. The summed E-state index contributed by atoms with van der Waals surface area (Å²) in [6, 6.07) is 18.2. The Morgan fingerprint density at radius 3 is 2.24 bits per heavy atom. The number of hydrogen-bond donors (Lipinski definition) is 1. The average molecular weight is 624 g/mol. The van der Waals surface area contributed by atoms with Crippen LogP contribution in [-0.2, 0) is 32.8 Å². The summed E-state index contributed by atoms with van der Waals surface area (Å²) in [5.41, 5.74) is 0.990. The number of benzene rings is 3. The standard InChI is InChI=1S/C29H33Cl2FN4O4S/c1-4-16-33-29(38)27(17-21-10-6-5-7-11-21)35(19-22-14-15-23(30)18-24(22)31)28(37)20-36(41(39,40)34(2)3)26-13-9-8-12-25(26)32/h5-15,18,27H,4,16-17,19-20H2,1-3H3,(H,33,38)/t27-/m0/s1. The largest absolute Gasteiger partial charge is 0.354 e. The fraction of sp³-hybridized carbons (Fsp3) is 0.310. The van der Waals surface area contributed by atoms with Crippen molar-refractivity contribution in [3.05, 3.63) is 99.8 Å². The summed E-state index contributed by atoms with van der Waals surface area (Å²) < 4.78 is 43.1. The number of carbonyl (C=O) groups is 2. The molecule has 12 heteroatoms. The molecule has 0 saturated heterocycles. The number of rotatable bonds is 13. The van der Waals surface area contributed by atoms with Crippen LogP contribution in [0.4, 0.5) is 10.1 Å². The minimum Gasteiger partial charge on any atom is -0.354 e. The van der Waals surface area contributed by atoms with Gasteiger partial charge in [-0.15, -0.1) is 0 Å². The van der Waals surface area contributed by atoms with Gasteiger partial charge in [-0.2, -0.15) is 12.7 Å². The summed E-state index contributed by atoms with van der Waals surface area (Å²) in [5.74, 6) is -1.96. The van der Waals surface area contributed by atoms with E-state index in [2.05, 4.69) is 5.32 Å². The molecule has 41 heavy (non-hydrogen) atoms. The van der Waals surface area contributed by atoms with Crippen LogP contribution in [0, 0.1) is 5.82 Å². The number of hydrogen-bond acceptors (Lipinski definition) is 4. The van der Waals surface area contributed by atoms with E-state index in [0.29, 0.717) is 27.9 Å². The summed E-state index contributed by atoms with van der Waals surface area (Å²) in [7, 11) is -1.74. The SMILES string of the molecule is CCCNC(=O)[C@H](Cc1ccccc1)N(Cc1ccc(Cl)cc1Cl)C(=O)CN(c1ccccc1F)S(=O)(=O)N(C)C. The smallest absolute Gasteiger partial charge is 0.304 e. The molecule has 0 fully saturated rings. The van der Waals surface area contributed by atoms with E-state index in [1.165, 1.54) is 43.3 Å². The first-order valence-corrected chi connectivity index (χ1v) is 15.1. The van der Waals surface area contributed by atoms with E-state index in [9.17, 15) is 22.4 Å². The van der Waals surface area contributed by atoms with Crippen LogP contribution in [0.25, 0.3) is 0 Å². The van der Waals surface area contributed by atoms with Gasteiger partial charge in [0.15, 0.2) is 0 Å². The molecule has 1 atom stereocenters. The van der Waals surface area contributed by atoms with Gasteiger partial charge >= 0.3 is 10.2 Å². The quantitative estimate of drug-likeness (QED) is 0.293. The number of nitrogens with zero attached hydrogens (tertiary/aromatic N) is 3. The van der Waals surface area contributed by atoms with Crippen molar-refractivity contribution in [2.24, 2.45) is 0 Å². The monoisotopic (exact) mass is 622 g/mol. The second-order valence-corrected chi connectivity index (χ2v) is 12.4. The third kappa shape index (κ3) is 8.42. The second-order valence-electron chi connectivity index (χ2n) is 9.50. The highest BCUT2D eigenvalue weighted by Crippen LogP contribution is 2.26. The van der Waals surface area contributed by atoms with Gasteiger partial charge in [-0.05, 0) is 41.8 Å². The number of halogens is 3. The van der Waals surface area contributed by atoms with E-state index in [1.807, 2.05) is 37.3 Å². The maximum Gasteiger partial charge on any atom is 0.304 e. The summed E-state index contributed by atoms with van der Waals surface area (Å²) in [5, 5.41) is 3.52. The lowest BCUT2D eigenvalue weighted by molar-refractivity contribution is -0.140. The Kier molecular flexibility index (Phi) is 11.5. The molecular weight excluding hydrogens is 590 g/mol. The Bertz CT molecular complexity index is 1460. The van der Waals surface area contributed by atoms with Crippen molar-refractivity contribution in [1.29, 1.82) is 0 Å². The van der Waals surface area contributed by atoms with Crippen molar-refractivity contribution in [3.63, 3.8) is 0 Å². The maximum atomic E-state index is 14.9. The molecule has 0 saturated carbocycles. The Hall–Kier alpha value is -3.18. The second kappa shape index (κ2) is 14.6. The molecule has 2 amide bonds. The van der Waals surface area contributed by atoms with Gasteiger partial charge < -0.3 is 10.2 Å². The molecule has 0 aliphatic heterocycles. The van der Waals surface area contributed by atoms with Crippen LogP contribution in [-0.4, -0.2) is 62.7 Å². The van der Waals surface area contributed by atoms with Gasteiger partial charge in [0.25, 0.3) is 0 Å². The van der Waals surface area contributed by atoms with E-state index < -0.39 is 40.4 Å². The molecule has 0 spiro atoms. The first-order chi connectivity index (χ1) is 19.4. The zero-order valence-electron chi connectivity index (χ0n) is 23.1. The van der Waals surface area contributed by atoms with E-state index >= 15 is 0 Å². The van der Waals surface area contributed by atoms with Crippen LogP contribution in [0.2, 0.25) is 10.0 Å². The summed E-state index contributed by atoms with van der Waals surface area (Å²) >= 11 is 12.5. The van der Waals surface area contributed by atoms with Gasteiger partial charge in [-0.1, -0.05) is 78.7 Å². The highest BCUT2D eigenvalue weighted by molar-refractivity contribution is 7.90. The highest BCUT2D eigenvalue weighted by atomic mass is 35.5. The van der Waals surface area contributed by atoms with Crippen molar-refractivity contribution in [2.45, 2.75) is 32.4 Å². The Morgan fingerprint density at radius 2 is 1.63 bits per heavy atom. The zero-order valence-corrected chi connectivity index (χ0v) is 25.4. The summed E-state index contributed by atoms with van der Waals surface area (Å²) in [4.78, 5) is 29.0. The Labute approximate surface area is 250 Å². The van der Waals surface area contributed by atoms with Crippen LogP contribution >= 0.6 is 23.2 Å². The molecule has 0 unspecified atom stereocenters. The Morgan fingerprint density at radius 1 is 0.976 bits per heavy atom. The predicted molar refractivity (Wildman–Crippen MR) is 161 cm³/mol. The summed E-state index contributed by atoms with van der Waals surface area (Å²) in [6.07, 6.45) is 0.816. The first kappa shape index (κ1) is 32.3. The van der Waals surface area contributed by atoms with Crippen LogP contribution in [0.1, 0.15) is 24.5 Å². The highest BCUT2D eigenvalue weighted by Gasteiger charge is 2.35. The molecule has 3 rings (SSSR count). The number of para-hydroxylation sites is 1. The van der Waals surface area contributed by atoms with Gasteiger partial charge in [-0.25, -0.2) is 8.70 Å². The molecule has 8 nitrogen and oxygen atoms in total. The van der Waals surface area contributed by atoms with E-state index in [0.717, 1.165) is 15.9 Å². The number of nitrogens with one attached hydrogen (secondary N) is 1. The van der Waals surface area contributed by atoms with Crippen molar-refractivity contribution in [3.8, 4) is 0 Å². The lowest BCUT2D eigenvalue weighted by atomic mass is 10.0. The molecule has 0 radical (unpaired) electrons. The molecule has 1 N–H and O–H groups in total. The van der Waals surface area contributed by atoms with Crippen LogP contribution in [0.15, 0.2) is 72.8 Å². The molecular formula is C29H33Cl2FN4O4S. The van der Waals surface area contributed by atoms with Gasteiger partial charge in [0.05, 0.1) is 5.69 Å². The lowest BCUT2D eigenvalue weighted by Crippen LogP contribution is -2.54. The normalized spacial score (nSPS) is 12.2. The van der Waals surface area contributed by atoms with Crippen LogP contribution in [0.3, 0.4) is 0 Å². The molecule has 220 valence electrons. The molecule has 3 aromatic carbocycles. The fourth-order valence-electron chi connectivity index (χ4n) is 4.11. The molecule has 0 aliphatic carbocycles. The third-order valence-corrected chi connectivity index (χ3v) is 8.71. The first-order valence-electron chi connectivity index (χ1n) is 13.0. The van der Waals surface area contributed by atoms with Crippen molar-refractivity contribution in [1.82, 2.24) is 14.5 Å². The lowest BCUT2D eigenvalue weighted by Gasteiger charge is -2.34. The third-order valence-electron chi connectivity index (χ3n) is 6.32. The zero-order chi connectivity index (χ0) is 30.2. The Balaban J connectivity index is 2.12. The minimum atomic E-state index is -4.31. The van der Waals surface area contributed by atoms with Gasteiger partial charge in [0, 0.05) is 43.7 Å².